The lowest BCUT2D eigenvalue weighted by molar-refractivity contribution is -0.170. The second-order valence-corrected chi connectivity index (χ2v) is 11.8. The van der Waals surface area contributed by atoms with Crippen molar-refractivity contribution >= 4 is 5.57 Å². The Morgan fingerprint density at radius 1 is 1.14 bits per heavy atom. The second-order valence-electron chi connectivity index (χ2n) is 11.8. The Bertz CT molecular complexity index is 1290. The summed E-state index contributed by atoms with van der Waals surface area (Å²) in [5, 5.41) is 31.1. The molecule has 5 nitrogen and oxygen atoms in total. The highest BCUT2D eigenvalue weighted by Gasteiger charge is 2.69. The Morgan fingerprint density at radius 3 is 2.46 bits per heavy atom. The molecule has 7 atom stereocenters. The van der Waals surface area contributed by atoms with E-state index in [0.717, 1.165) is 11.1 Å². The highest BCUT2D eigenvalue weighted by molar-refractivity contribution is 5.75. The Kier molecular flexibility index (Phi) is 5.24. The van der Waals surface area contributed by atoms with Crippen molar-refractivity contribution in [2.24, 2.45) is 11.3 Å². The maximum atomic E-state index is 14.7. The zero-order chi connectivity index (χ0) is 26.5. The van der Waals surface area contributed by atoms with Crippen molar-refractivity contribution in [2.45, 2.75) is 74.7 Å². The summed E-state index contributed by atoms with van der Waals surface area (Å²) in [4.78, 5) is 1.85. The van der Waals surface area contributed by atoms with Gasteiger partial charge in [0.1, 0.15) is 6.10 Å². The first-order chi connectivity index (χ1) is 17.4. The van der Waals surface area contributed by atoms with Crippen molar-refractivity contribution in [3.63, 3.8) is 0 Å². The minimum atomic E-state index is -4.57. The summed E-state index contributed by atoms with van der Waals surface area (Å²) >= 11 is 0. The van der Waals surface area contributed by atoms with Crippen LogP contribution in [0.2, 0.25) is 0 Å². The average molecular weight is 513 g/mol. The molecule has 0 aromatic heterocycles. The number of rotatable bonds is 2. The zero-order valence-electron chi connectivity index (χ0n) is 21.1. The maximum absolute atomic E-state index is 14.7. The monoisotopic (exact) mass is 512 g/mol. The molecule has 0 radical (unpaired) electrons. The second kappa shape index (κ2) is 7.79. The quantitative estimate of drug-likeness (QED) is 0.610. The molecule has 0 amide bonds. The van der Waals surface area contributed by atoms with E-state index in [1.807, 2.05) is 44.1 Å². The van der Waals surface area contributed by atoms with Gasteiger partial charge in [-0.05, 0) is 80.6 Å². The van der Waals surface area contributed by atoms with E-state index in [1.165, 1.54) is 0 Å². The molecule has 7 unspecified atom stereocenters. The van der Waals surface area contributed by atoms with E-state index >= 15 is 0 Å². The molecule has 2 bridgehead atoms. The Hall–Kier alpha value is -2.44. The SMILES string of the molecule is CN(C)C1CC23CCC4(O2)C(=C(C(F)(F)F)CC2(C)C(c5ccc(C#N)cc5)=CCC24)C=C3C(O)C1O. The number of allylic oxidation sites excluding steroid dienone is 3. The number of nitriles is 1. The fourth-order valence-electron chi connectivity index (χ4n) is 8.10. The van der Waals surface area contributed by atoms with Crippen LogP contribution in [0.25, 0.3) is 5.57 Å². The minimum Gasteiger partial charge on any atom is -0.388 e. The van der Waals surface area contributed by atoms with Gasteiger partial charge in [0.2, 0.25) is 0 Å². The van der Waals surface area contributed by atoms with Crippen LogP contribution < -0.4 is 0 Å². The van der Waals surface area contributed by atoms with Crippen LogP contribution >= 0.6 is 0 Å². The van der Waals surface area contributed by atoms with Crippen molar-refractivity contribution in [2.75, 3.05) is 14.1 Å². The van der Waals surface area contributed by atoms with Crippen molar-refractivity contribution in [3.05, 3.63) is 64.3 Å². The van der Waals surface area contributed by atoms with Crippen LogP contribution in [-0.4, -0.2) is 64.8 Å². The van der Waals surface area contributed by atoms with Gasteiger partial charge in [0, 0.05) is 22.9 Å². The number of hydrogen-bond donors (Lipinski definition) is 2. The number of benzene rings is 1. The van der Waals surface area contributed by atoms with E-state index < -0.39 is 40.6 Å². The standard InChI is InChI=1S/C29H31F3N2O3/c1-26-13-21(29(30,31)32)19-12-20-24(35)25(36)22(34(2)3)14-27(20)10-11-28(19,37-27)23(26)9-8-18(26)17-6-4-16(15-33)5-7-17/h4-8,12,22-25,35-36H,9-11,13-14H2,1-3H3. The molecule has 1 saturated heterocycles. The summed E-state index contributed by atoms with van der Waals surface area (Å²) < 4.78 is 51.1. The number of fused-ring (bicyclic) bond motifs is 1. The average Bonchev–Trinajstić information content (AvgIpc) is 3.36. The van der Waals surface area contributed by atoms with Crippen LogP contribution in [0, 0.1) is 22.7 Å². The lowest BCUT2D eigenvalue weighted by atomic mass is 9.56. The molecule has 1 aromatic carbocycles. The molecule has 3 aliphatic carbocycles. The molecule has 5 aliphatic rings. The van der Waals surface area contributed by atoms with Crippen molar-refractivity contribution in [3.8, 4) is 6.07 Å². The summed E-state index contributed by atoms with van der Waals surface area (Å²) in [7, 11) is 3.66. The number of ether oxygens (including phenoxy) is 1. The highest BCUT2D eigenvalue weighted by Crippen LogP contribution is 2.70. The topological polar surface area (TPSA) is 76.7 Å². The van der Waals surface area contributed by atoms with Gasteiger partial charge >= 0.3 is 6.18 Å². The van der Waals surface area contributed by atoms with Gasteiger partial charge in [0.15, 0.2) is 0 Å². The highest BCUT2D eigenvalue weighted by atomic mass is 19.4. The van der Waals surface area contributed by atoms with E-state index in [1.54, 1.807) is 18.2 Å². The third kappa shape index (κ3) is 3.24. The fourth-order valence-corrected chi connectivity index (χ4v) is 8.10. The summed E-state index contributed by atoms with van der Waals surface area (Å²) in [5.74, 6) is -0.203. The van der Waals surface area contributed by atoms with E-state index in [9.17, 15) is 28.6 Å². The van der Waals surface area contributed by atoms with E-state index in [0.29, 0.717) is 36.8 Å². The molecule has 6 rings (SSSR count). The third-order valence-corrected chi connectivity index (χ3v) is 9.84. The van der Waals surface area contributed by atoms with Gasteiger partial charge in [-0.15, -0.1) is 0 Å². The number of nitrogens with zero attached hydrogens (tertiary/aromatic N) is 2. The largest absolute Gasteiger partial charge is 0.413 e. The number of aliphatic hydroxyl groups is 2. The van der Waals surface area contributed by atoms with Crippen LogP contribution in [-0.2, 0) is 4.74 Å². The first-order valence-corrected chi connectivity index (χ1v) is 12.8. The molecule has 2 fully saturated rings. The van der Waals surface area contributed by atoms with Crippen LogP contribution in [0.15, 0.2) is 53.1 Å². The van der Waals surface area contributed by atoms with Gasteiger partial charge < -0.3 is 19.8 Å². The van der Waals surface area contributed by atoms with Crippen LogP contribution in [0.1, 0.15) is 50.2 Å². The Morgan fingerprint density at radius 2 is 1.84 bits per heavy atom. The fraction of sp³-hybridized carbons (Fsp3) is 0.552. The molecule has 37 heavy (non-hydrogen) atoms. The predicted octanol–water partition coefficient (Wildman–Crippen LogP) is 4.51. The van der Waals surface area contributed by atoms with Crippen LogP contribution in [0.5, 0.6) is 0 Å². The number of hydrogen-bond acceptors (Lipinski definition) is 5. The maximum Gasteiger partial charge on any atom is 0.413 e. The van der Waals surface area contributed by atoms with Gasteiger partial charge in [-0.25, -0.2) is 0 Å². The summed E-state index contributed by atoms with van der Waals surface area (Å²) in [5.41, 5.74) is -0.729. The normalized spacial score (nSPS) is 40.5. The van der Waals surface area contributed by atoms with Gasteiger partial charge in [-0.1, -0.05) is 31.2 Å². The molecule has 196 valence electrons. The van der Waals surface area contributed by atoms with Gasteiger partial charge in [-0.3, -0.25) is 0 Å². The summed E-state index contributed by atoms with van der Waals surface area (Å²) in [6, 6.07) is 8.76. The minimum absolute atomic E-state index is 0.134. The molecule has 8 heteroatoms. The van der Waals surface area contributed by atoms with E-state index in [2.05, 4.69) is 6.07 Å². The lowest BCUT2D eigenvalue weighted by Gasteiger charge is -2.57. The first kappa shape index (κ1) is 24.9. The first-order valence-electron chi connectivity index (χ1n) is 12.8. The van der Waals surface area contributed by atoms with Gasteiger partial charge in [0.25, 0.3) is 0 Å². The van der Waals surface area contributed by atoms with Crippen LogP contribution in [0.3, 0.4) is 0 Å². The molecule has 2 aliphatic heterocycles. The smallest absolute Gasteiger partial charge is 0.388 e. The van der Waals surface area contributed by atoms with Gasteiger partial charge in [0.05, 0.1) is 28.9 Å². The molecular formula is C29H31F3N2O3. The molecule has 2 N–H and O–H groups in total. The predicted molar refractivity (Wildman–Crippen MR) is 131 cm³/mol. The van der Waals surface area contributed by atoms with Crippen molar-refractivity contribution < 1.29 is 28.1 Å². The molecule has 1 saturated carbocycles. The summed E-state index contributed by atoms with van der Waals surface area (Å²) in [6.45, 7) is 1.92. The van der Waals surface area contributed by atoms with Crippen molar-refractivity contribution in [1.82, 2.24) is 4.90 Å². The lowest BCUT2D eigenvalue weighted by Crippen LogP contribution is -2.62. The number of likely N-dealkylation sites (N-methyl/N-ethyl adjacent to an activating group) is 1. The molecule has 2 spiro atoms. The molecule has 2 heterocycles. The Balaban J connectivity index is 1.52. The number of alkyl halides is 3. The molecule has 1 aromatic rings. The van der Waals surface area contributed by atoms with Crippen LogP contribution in [0.4, 0.5) is 13.2 Å². The van der Waals surface area contributed by atoms with E-state index in [-0.39, 0.29) is 24.0 Å². The van der Waals surface area contributed by atoms with E-state index in [4.69, 9.17) is 4.74 Å². The zero-order valence-corrected chi connectivity index (χ0v) is 21.1. The number of halogens is 3. The van der Waals surface area contributed by atoms with Crippen molar-refractivity contribution in [1.29, 1.82) is 5.26 Å². The summed E-state index contributed by atoms with van der Waals surface area (Å²) in [6.07, 6.45) is -1.63. The molecular weight excluding hydrogens is 481 g/mol. The van der Waals surface area contributed by atoms with Gasteiger partial charge in [-0.2, -0.15) is 18.4 Å². The third-order valence-electron chi connectivity index (χ3n) is 9.84. The Labute approximate surface area is 214 Å². The number of aliphatic hydroxyl groups excluding tert-OH is 2.